The van der Waals surface area contributed by atoms with Crippen molar-refractivity contribution < 1.29 is 9.15 Å². The fourth-order valence-corrected chi connectivity index (χ4v) is 4.23. The molecule has 0 aliphatic carbocycles. The molecule has 0 radical (unpaired) electrons. The second-order valence-corrected chi connectivity index (χ2v) is 7.62. The standard InChI is InChI=1S/C22H16N2O3S/c1-26-16-8-6-14(7-9-16)10-17-12-24-13-19(23-22(24)28-17)18-11-15-4-2-3-5-20(15)27-21(18)25/h2-9,11-13H,10H2,1H3. The molecule has 138 valence electrons. The van der Waals surface area contributed by atoms with Crippen molar-refractivity contribution in [2.24, 2.45) is 0 Å². The molecule has 0 bridgehead atoms. The number of thiazole rings is 1. The molecule has 5 nitrogen and oxygen atoms in total. The Hall–Kier alpha value is -3.38. The molecule has 0 saturated carbocycles. The fraction of sp³-hybridized carbons (Fsp3) is 0.0909. The SMILES string of the molecule is COc1ccc(Cc2cn3cc(-c4cc5ccccc5oc4=O)nc3s2)cc1. The Kier molecular flexibility index (Phi) is 3.98. The molecular weight excluding hydrogens is 372 g/mol. The number of methoxy groups -OCH3 is 1. The molecule has 0 aliphatic heterocycles. The van der Waals surface area contributed by atoms with Crippen LogP contribution < -0.4 is 10.4 Å². The number of fused-ring (bicyclic) bond motifs is 2. The van der Waals surface area contributed by atoms with Crippen LogP contribution >= 0.6 is 11.3 Å². The highest BCUT2D eigenvalue weighted by Crippen LogP contribution is 2.26. The number of hydrogen-bond acceptors (Lipinski definition) is 5. The summed E-state index contributed by atoms with van der Waals surface area (Å²) in [5, 5.41) is 0.883. The number of aromatic nitrogens is 2. The summed E-state index contributed by atoms with van der Waals surface area (Å²) in [7, 11) is 1.66. The van der Waals surface area contributed by atoms with Gasteiger partial charge in [0.15, 0.2) is 4.96 Å². The van der Waals surface area contributed by atoms with Crippen molar-refractivity contribution in [3.05, 3.63) is 87.9 Å². The summed E-state index contributed by atoms with van der Waals surface area (Å²) >= 11 is 1.61. The fourth-order valence-electron chi connectivity index (χ4n) is 3.24. The van der Waals surface area contributed by atoms with Gasteiger partial charge in [0.25, 0.3) is 0 Å². The summed E-state index contributed by atoms with van der Waals surface area (Å²) in [6, 6.07) is 17.4. The quantitative estimate of drug-likeness (QED) is 0.416. The molecule has 0 amide bonds. The van der Waals surface area contributed by atoms with E-state index in [2.05, 4.69) is 23.3 Å². The van der Waals surface area contributed by atoms with E-state index in [0.29, 0.717) is 16.8 Å². The minimum absolute atomic E-state index is 0.372. The highest BCUT2D eigenvalue weighted by Gasteiger charge is 2.13. The van der Waals surface area contributed by atoms with E-state index >= 15 is 0 Å². The largest absolute Gasteiger partial charge is 0.497 e. The summed E-state index contributed by atoms with van der Waals surface area (Å²) in [5.74, 6) is 0.851. The molecule has 0 spiro atoms. The van der Waals surface area contributed by atoms with Crippen LogP contribution in [0.4, 0.5) is 0 Å². The molecule has 0 N–H and O–H groups in total. The van der Waals surface area contributed by atoms with E-state index in [9.17, 15) is 4.79 Å². The second-order valence-electron chi connectivity index (χ2n) is 6.52. The molecule has 5 rings (SSSR count). The Morgan fingerprint density at radius 2 is 1.93 bits per heavy atom. The third-order valence-corrected chi connectivity index (χ3v) is 5.66. The molecule has 2 aromatic carbocycles. The maximum atomic E-state index is 12.4. The number of rotatable bonds is 4. The Balaban J connectivity index is 1.47. The van der Waals surface area contributed by atoms with Crippen LogP contribution in [0.3, 0.4) is 0 Å². The van der Waals surface area contributed by atoms with Crippen molar-refractivity contribution in [2.75, 3.05) is 7.11 Å². The Morgan fingerprint density at radius 3 is 2.71 bits per heavy atom. The molecule has 6 heteroatoms. The van der Waals surface area contributed by atoms with E-state index < -0.39 is 0 Å². The van der Waals surface area contributed by atoms with Gasteiger partial charge >= 0.3 is 5.63 Å². The number of imidazole rings is 1. The summed E-state index contributed by atoms with van der Waals surface area (Å²) in [5.41, 5.74) is 2.52. The van der Waals surface area contributed by atoms with Crippen LogP contribution in [0.5, 0.6) is 5.75 Å². The van der Waals surface area contributed by atoms with Crippen LogP contribution in [0.1, 0.15) is 10.4 Å². The summed E-state index contributed by atoms with van der Waals surface area (Å²) in [6.07, 6.45) is 4.76. The van der Waals surface area contributed by atoms with E-state index in [4.69, 9.17) is 9.15 Å². The second kappa shape index (κ2) is 6.65. The van der Waals surface area contributed by atoms with Gasteiger partial charge in [-0.3, -0.25) is 4.40 Å². The predicted octanol–water partition coefficient (Wildman–Crippen LogP) is 4.77. The predicted molar refractivity (Wildman–Crippen MR) is 110 cm³/mol. The van der Waals surface area contributed by atoms with Crippen LogP contribution in [0, 0.1) is 0 Å². The normalized spacial score (nSPS) is 11.3. The lowest BCUT2D eigenvalue weighted by atomic mass is 10.1. The van der Waals surface area contributed by atoms with Crippen molar-refractivity contribution in [1.82, 2.24) is 9.38 Å². The number of ether oxygens (including phenoxy) is 1. The van der Waals surface area contributed by atoms with E-state index in [1.807, 2.05) is 47.0 Å². The van der Waals surface area contributed by atoms with Crippen LogP contribution in [0.25, 0.3) is 27.2 Å². The first-order valence-electron chi connectivity index (χ1n) is 8.83. The van der Waals surface area contributed by atoms with Crippen LogP contribution in [-0.2, 0) is 6.42 Å². The maximum absolute atomic E-state index is 12.4. The molecular formula is C22H16N2O3S. The third kappa shape index (κ3) is 2.97. The summed E-state index contributed by atoms with van der Waals surface area (Å²) < 4.78 is 12.6. The van der Waals surface area contributed by atoms with Gasteiger partial charge in [0, 0.05) is 29.1 Å². The smallest absolute Gasteiger partial charge is 0.345 e. The Morgan fingerprint density at radius 1 is 1.11 bits per heavy atom. The third-order valence-electron chi connectivity index (χ3n) is 4.66. The number of nitrogens with zero attached hydrogens (tertiary/aromatic N) is 2. The number of para-hydroxylation sites is 1. The molecule has 0 aliphatic rings. The van der Waals surface area contributed by atoms with Gasteiger partial charge in [-0.2, -0.15) is 0 Å². The molecule has 3 aromatic heterocycles. The highest BCUT2D eigenvalue weighted by atomic mass is 32.1. The van der Waals surface area contributed by atoms with Gasteiger partial charge < -0.3 is 9.15 Å². The highest BCUT2D eigenvalue weighted by molar-refractivity contribution is 7.17. The van der Waals surface area contributed by atoms with Gasteiger partial charge in [0.1, 0.15) is 11.3 Å². The van der Waals surface area contributed by atoms with Crippen molar-refractivity contribution in [3.8, 4) is 17.0 Å². The number of hydrogen-bond donors (Lipinski definition) is 0. The topological polar surface area (TPSA) is 56.7 Å². The Bertz CT molecular complexity index is 1310. The monoisotopic (exact) mass is 388 g/mol. The van der Waals surface area contributed by atoms with E-state index in [0.717, 1.165) is 22.5 Å². The molecule has 28 heavy (non-hydrogen) atoms. The first-order chi connectivity index (χ1) is 13.7. The lowest BCUT2D eigenvalue weighted by Crippen LogP contribution is -2.02. The van der Waals surface area contributed by atoms with Gasteiger partial charge in [-0.25, -0.2) is 9.78 Å². The lowest BCUT2D eigenvalue weighted by molar-refractivity contribution is 0.414. The zero-order valence-electron chi connectivity index (χ0n) is 15.1. The molecule has 3 heterocycles. The minimum Gasteiger partial charge on any atom is -0.497 e. The molecule has 5 aromatic rings. The van der Waals surface area contributed by atoms with E-state index in [-0.39, 0.29) is 5.63 Å². The first-order valence-corrected chi connectivity index (χ1v) is 9.65. The van der Waals surface area contributed by atoms with Gasteiger partial charge in [-0.05, 0) is 29.8 Å². The van der Waals surface area contributed by atoms with Crippen molar-refractivity contribution >= 4 is 27.3 Å². The van der Waals surface area contributed by atoms with Crippen molar-refractivity contribution in [3.63, 3.8) is 0 Å². The Labute approximate surface area is 164 Å². The van der Waals surface area contributed by atoms with Gasteiger partial charge in [-0.15, -0.1) is 11.3 Å². The summed E-state index contributed by atoms with van der Waals surface area (Å²) in [6.45, 7) is 0. The van der Waals surface area contributed by atoms with Gasteiger partial charge in [0.2, 0.25) is 0 Å². The van der Waals surface area contributed by atoms with E-state index in [1.54, 1.807) is 24.5 Å². The van der Waals surface area contributed by atoms with Gasteiger partial charge in [0.05, 0.1) is 18.4 Å². The van der Waals surface area contributed by atoms with Crippen molar-refractivity contribution in [2.45, 2.75) is 6.42 Å². The van der Waals surface area contributed by atoms with Crippen LogP contribution in [0.2, 0.25) is 0 Å². The van der Waals surface area contributed by atoms with Crippen molar-refractivity contribution in [1.29, 1.82) is 0 Å². The molecule has 0 fully saturated rings. The molecule has 0 unspecified atom stereocenters. The zero-order chi connectivity index (χ0) is 19.1. The molecule has 0 saturated heterocycles. The first kappa shape index (κ1) is 16.8. The summed E-state index contributed by atoms with van der Waals surface area (Å²) in [4.78, 5) is 19.1. The van der Waals surface area contributed by atoms with Crippen LogP contribution in [0.15, 0.2) is 76.2 Å². The number of benzene rings is 2. The van der Waals surface area contributed by atoms with Gasteiger partial charge in [-0.1, -0.05) is 30.3 Å². The minimum atomic E-state index is -0.372. The maximum Gasteiger partial charge on any atom is 0.345 e. The lowest BCUT2D eigenvalue weighted by Gasteiger charge is -2.01. The average molecular weight is 388 g/mol. The zero-order valence-corrected chi connectivity index (χ0v) is 15.9. The average Bonchev–Trinajstić information content (AvgIpc) is 3.26. The molecule has 0 atom stereocenters. The van der Waals surface area contributed by atoms with E-state index in [1.165, 1.54) is 10.4 Å². The van der Waals surface area contributed by atoms with Crippen LogP contribution in [-0.4, -0.2) is 16.5 Å².